The number of rotatable bonds is 16. The first-order chi connectivity index (χ1) is 69.5. The van der Waals surface area contributed by atoms with Crippen LogP contribution in [0.3, 0.4) is 0 Å². The van der Waals surface area contributed by atoms with Gasteiger partial charge in [-0.3, -0.25) is 38.4 Å². The van der Waals surface area contributed by atoms with E-state index in [-0.39, 0.29) is 118 Å². The molecule has 16 rings (SSSR count). The number of benzene rings is 4. The summed E-state index contributed by atoms with van der Waals surface area (Å²) in [7, 11) is 0. The van der Waals surface area contributed by atoms with Crippen LogP contribution < -0.4 is 0 Å². The molecule has 12 aliphatic rings. The smallest absolute Gasteiger partial charge is 0.331 e. The Labute approximate surface area is 872 Å². The molecule has 24 heteroatoms. The van der Waals surface area contributed by atoms with Crippen molar-refractivity contribution in [2.75, 3.05) is 0 Å². The highest BCUT2D eigenvalue weighted by molar-refractivity contribution is 6.06. The van der Waals surface area contributed by atoms with Crippen molar-refractivity contribution in [3.63, 3.8) is 0 Å². The molecule has 0 unspecified atom stereocenters. The molecule has 4 N–H and O–H groups in total. The van der Waals surface area contributed by atoms with E-state index in [1.165, 1.54) is 52.0 Å². The van der Waals surface area contributed by atoms with Gasteiger partial charge in [0.05, 0.1) is 48.1 Å². The molecule has 8 saturated carbocycles. The van der Waals surface area contributed by atoms with Crippen molar-refractivity contribution >= 4 is 95.2 Å². The number of ketones is 4. The summed E-state index contributed by atoms with van der Waals surface area (Å²) >= 11 is 0. The molecule has 24 nitrogen and oxygen atoms in total. The van der Waals surface area contributed by atoms with Crippen LogP contribution in [0.2, 0.25) is 0 Å². The zero-order valence-corrected chi connectivity index (χ0v) is 89.6. The minimum absolute atomic E-state index is 0.0477. The van der Waals surface area contributed by atoms with Gasteiger partial charge < -0.3 is 58.3 Å². The lowest BCUT2D eigenvalue weighted by atomic mass is 9.76. The Morgan fingerprint density at radius 3 is 0.628 bits per heavy atom. The highest BCUT2D eigenvalue weighted by Gasteiger charge is 2.70. The number of allylic oxidation sites excluding steroid dienone is 4. The fraction of sp³-hybridized carbons (Fsp3) is 0.516. The van der Waals surface area contributed by atoms with Crippen molar-refractivity contribution in [2.45, 2.75) is 287 Å². The average Bonchev–Trinajstić information content (AvgIpc) is 1.56. The number of ether oxygens (including phenoxy) is 8. The van der Waals surface area contributed by atoms with Gasteiger partial charge >= 0.3 is 47.8 Å². The van der Waals surface area contributed by atoms with Gasteiger partial charge in [0, 0.05) is 77.7 Å². The van der Waals surface area contributed by atoms with Crippen molar-refractivity contribution < 1.29 is 116 Å². The lowest BCUT2D eigenvalue weighted by molar-refractivity contribution is -0.178. The number of carbonyl (C=O) groups is 12. The second kappa shape index (κ2) is 45.1. The molecule has 0 radical (unpaired) electrons. The molecule has 0 aliphatic heterocycles. The quantitative estimate of drug-likeness (QED) is 0.0350. The summed E-state index contributed by atoms with van der Waals surface area (Å²) in [5, 5.41) is 46.4. The first-order valence-electron chi connectivity index (χ1n) is 52.4. The van der Waals surface area contributed by atoms with E-state index in [1.807, 2.05) is 173 Å². The molecule has 792 valence electrons. The maximum atomic E-state index is 14.1. The third-order valence-corrected chi connectivity index (χ3v) is 34.9. The van der Waals surface area contributed by atoms with Crippen LogP contribution in [0.5, 0.6) is 0 Å². The van der Waals surface area contributed by atoms with Crippen LogP contribution in [-0.2, 0) is 95.4 Å². The SMILES string of the molecule is C=C1CC[C@H]2[C@@H](/C=C(\C)C(=O)[C@@]3(OC(C)=O)C[C@H](C)[C@H](OC(=O)/C=C/c4ccccc4)[C@@H]3[C@H]1O)C2(C)C.C=C1CC[C@H]2[C@@H](/C=C(\C)C(=O)[C@@]3(OC(C)=O)C[C@H](C)[C@H](OC(=O)/C=C/c4ccccc4)[C@@H]3[C@H]1O)C2(C)C.C=C1CC[C@H]2[C@@H](/C=C(\C)C(=O)[C@@]3(OC(C)=O)C[C@H](C)[C@H](OC(=O)/C=C/c4ccccc4)[C@@H]3[C@H]1O)C2(C)C.C=C1CC[C@H]2[C@@H](/C=C(\C)C(=O)[C@@]3(OC(C)=O)C[C@H](C)[C@H](OC(=O)/C=C/c4ccccc4)[C@@H]3[C@H]1O)C2(C)C. The van der Waals surface area contributed by atoms with Gasteiger partial charge in [0.2, 0.25) is 23.1 Å². The zero-order valence-electron chi connectivity index (χ0n) is 89.6. The van der Waals surface area contributed by atoms with E-state index in [0.29, 0.717) is 93.9 Å². The molecule has 4 aromatic rings. The largest absolute Gasteiger partial charge is 0.458 e. The Hall–Kier alpha value is -12.0. The van der Waals surface area contributed by atoms with Crippen molar-refractivity contribution in [3.8, 4) is 0 Å². The molecular formula is C124H152O24. The summed E-state index contributed by atoms with van der Waals surface area (Å²) in [6.07, 6.45) is 18.0. The predicted octanol–water partition coefficient (Wildman–Crippen LogP) is 20.3. The van der Waals surface area contributed by atoms with Gasteiger partial charge in [-0.15, -0.1) is 0 Å². The van der Waals surface area contributed by atoms with Crippen LogP contribution in [0.25, 0.3) is 24.3 Å². The van der Waals surface area contributed by atoms with Crippen LogP contribution in [0, 0.1) is 116 Å². The van der Waals surface area contributed by atoms with E-state index in [0.717, 1.165) is 47.9 Å². The molecular weight excluding hydrogens is 1870 g/mol. The molecule has 0 saturated heterocycles. The molecule has 4 aromatic carbocycles. The van der Waals surface area contributed by atoms with Crippen molar-refractivity contribution in [1.29, 1.82) is 0 Å². The topological polar surface area (TPSA) is 360 Å². The maximum absolute atomic E-state index is 14.1. The number of aliphatic hydroxyl groups excluding tert-OH is 4. The van der Waals surface area contributed by atoms with Gasteiger partial charge in [-0.05, 0) is 263 Å². The molecule has 0 heterocycles. The van der Waals surface area contributed by atoms with E-state index in [1.54, 1.807) is 52.0 Å². The Morgan fingerprint density at radius 2 is 0.466 bits per heavy atom. The second-order valence-electron chi connectivity index (χ2n) is 46.4. The lowest BCUT2D eigenvalue weighted by Crippen LogP contribution is -2.54. The van der Waals surface area contributed by atoms with Crippen LogP contribution in [-0.4, -0.2) is 163 Å². The molecule has 0 spiro atoms. The van der Waals surface area contributed by atoms with Crippen LogP contribution in [0.4, 0.5) is 0 Å². The van der Waals surface area contributed by atoms with Crippen LogP contribution in [0.1, 0.15) is 238 Å². The molecule has 28 atom stereocenters. The Balaban J connectivity index is 0.000000165. The van der Waals surface area contributed by atoms with Gasteiger partial charge in [-0.1, -0.05) is 255 Å². The van der Waals surface area contributed by atoms with Crippen molar-refractivity contribution in [2.24, 2.45) is 116 Å². The summed E-state index contributed by atoms with van der Waals surface area (Å²) in [4.78, 5) is 157. The van der Waals surface area contributed by atoms with Crippen molar-refractivity contribution in [3.05, 3.63) is 263 Å². The summed E-state index contributed by atoms with van der Waals surface area (Å²) in [5.41, 5.74) is 1.23. The van der Waals surface area contributed by atoms with E-state index < -0.39 is 143 Å². The first-order valence-corrected chi connectivity index (χ1v) is 52.4. The number of fused-ring (bicyclic) bond motifs is 8. The number of carbonyl (C=O) groups excluding carboxylic acids is 12. The standard InChI is InChI=1S/4C31H38O6/c4*1-18-12-14-23-24(30(23,5)6)16-19(2)29(35)31(37-21(4)32)17-20(3)28(26(31)27(18)34)36-25(33)15-13-22-10-8-7-9-11-22/h4*7-11,13,15-16,20,23-24,26-28,34H,1,12,14,17H2,2-6H3/b4*15-13+,19-16+/t4*20-,23-,24+,26-,27-,28-,31+/m0000/s1. The third kappa shape index (κ3) is 23.8. The first kappa shape index (κ1) is 113. The number of Topliss-reactive ketones (excluding diaryl/α,β-unsaturated/α-hetero) is 4. The van der Waals surface area contributed by atoms with Crippen LogP contribution in [0.15, 0.2) is 241 Å². The fourth-order valence-corrected chi connectivity index (χ4v) is 26.5. The Bertz CT molecular complexity index is 5310. The van der Waals surface area contributed by atoms with Gasteiger partial charge in [0.25, 0.3) is 0 Å². The Morgan fingerprint density at radius 1 is 0.297 bits per heavy atom. The fourth-order valence-electron chi connectivity index (χ4n) is 26.5. The Kier molecular flexibility index (Phi) is 34.5. The highest BCUT2D eigenvalue weighted by atomic mass is 16.6. The van der Waals surface area contributed by atoms with Gasteiger partial charge in [0.15, 0.2) is 22.4 Å². The third-order valence-electron chi connectivity index (χ3n) is 34.9. The van der Waals surface area contributed by atoms with Gasteiger partial charge in [-0.2, -0.15) is 0 Å². The summed E-state index contributed by atoms with van der Waals surface area (Å²) in [5.74, 6) is -9.03. The van der Waals surface area contributed by atoms with Gasteiger partial charge in [0.1, 0.15) is 24.4 Å². The van der Waals surface area contributed by atoms with Crippen molar-refractivity contribution in [1.82, 2.24) is 0 Å². The average molecular weight is 2030 g/mol. The molecule has 12 aliphatic carbocycles. The van der Waals surface area contributed by atoms with E-state index >= 15 is 0 Å². The molecule has 0 bridgehead atoms. The highest BCUT2D eigenvalue weighted by Crippen LogP contribution is 2.67. The molecule has 8 fully saturated rings. The van der Waals surface area contributed by atoms with E-state index in [4.69, 9.17) is 37.9 Å². The molecule has 0 amide bonds. The lowest BCUT2D eigenvalue weighted by Gasteiger charge is -2.38. The number of hydrogen-bond acceptors (Lipinski definition) is 24. The number of esters is 8. The maximum Gasteiger partial charge on any atom is 0.331 e. The zero-order chi connectivity index (χ0) is 108. The normalized spacial score (nSPS) is 36.5. The minimum Gasteiger partial charge on any atom is -0.458 e. The van der Waals surface area contributed by atoms with E-state index in [9.17, 15) is 78.0 Å². The monoisotopic (exact) mass is 2030 g/mol. The predicted molar refractivity (Wildman–Crippen MR) is 564 cm³/mol. The minimum atomic E-state index is -1.65. The summed E-state index contributed by atoms with van der Waals surface area (Å²) in [6.45, 7) is 53.5. The molecule has 148 heavy (non-hydrogen) atoms. The number of aliphatic hydroxyl groups is 4. The molecule has 0 aromatic heterocycles. The number of hydrogen-bond donors (Lipinski definition) is 4. The summed E-state index contributed by atoms with van der Waals surface area (Å²) in [6, 6.07) is 37.4. The van der Waals surface area contributed by atoms with E-state index in [2.05, 4.69) is 81.7 Å². The second-order valence-corrected chi connectivity index (χ2v) is 46.4. The van der Waals surface area contributed by atoms with Gasteiger partial charge in [-0.25, -0.2) is 19.2 Å². The summed E-state index contributed by atoms with van der Waals surface area (Å²) < 4.78 is 47.0. The van der Waals surface area contributed by atoms with Crippen LogP contribution >= 0.6 is 0 Å².